The van der Waals surface area contributed by atoms with Gasteiger partial charge in [-0.3, -0.25) is 9.88 Å². The minimum atomic E-state index is -3.56. The largest absolute Gasteiger partial charge is 0.367 e. The number of anilines is 1. The molecule has 0 spiro atoms. The van der Waals surface area contributed by atoms with Gasteiger partial charge in [0.25, 0.3) is 0 Å². The van der Waals surface area contributed by atoms with Crippen molar-refractivity contribution in [1.82, 2.24) is 19.5 Å². The average Bonchev–Trinajstić information content (AvgIpc) is 2.62. The van der Waals surface area contributed by atoms with E-state index in [0.29, 0.717) is 24.0 Å². The predicted molar refractivity (Wildman–Crippen MR) is 102 cm³/mol. The Morgan fingerprint density at radius 1 is 1.08 bits per heavy atom. The molecule has 2 aliphatic heterocycles. The number of piperazine rings is 2. The van der Waals surface area contributed by atoms with Crippen LogP contribution in [0.4, 0.5) is 5.69 Å². The molecular weight excluding hydrogens is 406 g/mol. The molecule has 0 radical (unpaired) electrons. The highest BCUT2D eigenvalue weighted by atomic mass is 79.9. The second-order valence-electron chi connectivity index (χ2n) is 6.74. The van der Waals surface area contributed by atoms with E-state index in [-0.39, 0.29) is 0 Å². The van der Waals surface area contributed by atoms with Crippen molar-refractivity contribution >= 4 is 31.6 Å². The van der Waals surface area contributed by atoms with E-state index in [1.165, 1.54) is 6.20 Å². The molecule has 7 nitrogen and oxygen atoms in total. The van der Waals surface area contributed by atoms with Gasteiger partial charge in [-0.1, -0.05) is 0 Å². The van der Waals surface area contributed by atoms with Gasteiger partial charge in [0.15, 0.2) is 0 Å². The Labute approximate surface area is 158 Å². The number of hydrogen-bond acceptors (Lipinski definition) is 6. The molecule has 9 heteroatoms. The minimum absolute atomic E-state index is 0.307. The van der Waals surface area contributed by atoms with Crippen molar-refractivity contribution in [3.8, 4) is 0 Å². The number of sulfonamides is 1. The zero-order valence-electron chi connectivity index (χ0n) is 14.8. The number of pyridine rings is 1. The molecule has 0 aromatic carbocycles. The van der Waals surface area contributed by atoms with E-state index in [1.807, 2.05) is 0 Å². The Morgan fingerprint density at radius 2 is 1.72 bits per heavy atom. The van der Waals surface area contributed by atoms with Crippen molar-refractivity contribution in [1.29, 1.82) is 0 Å². The summed E-state index contributed by atoms with van der Waals surface area (Å²) in [7, 11) is -3.56. The first-order valence-electron chi connectivity index (χ1n) is 8.74. The molecule has 0 amide bonds. The predicted octanol–water partition coefficient (Wildman–Crippen LogP) is 0.968. The molecule has 1 N–H and O–H groups in total. The lowest BCUT2D eigenvalue weighted by Crippen LogP contribution is -2.51. The summed E-state index contributed by atoms with van der Waals surface area (Å²) in [5, 5.41) is 3.30. The van der Waals surface area contributed by atoms with Gasteiger partial charge in [-0.05, 0) is 29.8 Å². The normalized spacial score (nSPS) is 21.0. The summed E-state index contributed by atoms with van der Waals surface area (Å²) in [6.45, 7) is 10.1. The molecule has 140 valence electrons. The summed E-state index contributed by atoms with van der Waals surface area (Å²) in [6, 6.07) is 0.439. The van der Waals surface area contributed by atoms with Crippen LogP contribution in [0, 0.1) is 0 Å². The number of nitrogens with zero attached hydrogens (tertiary/aromatic N) is 4. The van der Waals surface area contributed by atoms with E-state index in [4.69, 9.17) is 0 Å². The molecule has 0 aliphatic carbocycles. The average molecular weight is 432 g/mol. The van der Waals surface area contributed by atoms with Crippen molar-refractivity contribution in [2.24, 2.45) is 0 Å². The van der Waals surface area contributed by atoms with Crippen LogP contribution in [0.3, 0.4) is 0 Å². The fraction of sp³-hybridized carbons (Fsp3) is 0.688. The lowest BCUT2D eigenvalue weighted by Gasteiger charge is -2.37. The third-order valence-corrected chi connectivity index (χ3v) is 7.37. The first-order valence-corrected chi connectivity index (χ1v) is 11.0. The molecule has 0 unspecified atom stereocenters. The lowest BCUT2D eigenvalue weighted by molar-refractivity contribution is 0.154. The van der Waals surface area contributed by atoms with Crippen molar-refractivity contribution < 1.29 is 8.42 Å². The maximum absolute atomic E-state index is 13.3. The monoisotopic (exact) mass is 431 g/mol. The molecule has 0 saturated carbocycles. The van der Waals surface area contributed by atoms with Crippen LogP contribution in [0.1, 0.15) is 13.8 Å². The fourth-order valence-electron chi connectivity index (χ4n) is 3.39. The topological polar surface area (TPSA) is 68.8 Å². The van der Waals surface area contributed by atoms with Gasteiger partial charge in [-0.25, -0.2) is 8.42 Å². The Hall–Kier alpha value is -0.740. The van der Waals surface area contributed by atoms with Crippen molar-refractivity contribution in [3.05, 3.63) is 16.9 Å². The van der Waals surface area contributed by atoms with Gasteiger partial charge in [0.1, 0.15) is 4.90 Å². The molecule has 2 aliphatic rings. The van der Waals surface area contributed by atoms with E-state index in [9.17, 15) is 8.42 Å². The van der Waals surface area contributed by atoms with E-state index >= 15 is 0 Å². The van der Waals surface area contributed by atoms with Crippen LogP contribution >= 0.6 is 15.9 Å². The first kappa shape index (κ1) is 19.0. The summed E-state index contributed by atoms with van der Waals surface area (Å²) >= 11 is 3.51. The summed E-state index contributed by atoms with van der Waals surface area (Å²) in [6.07, 6.45) is 3.17. The van der Waals surface area contributed by atoms with Crippen LogP contribution in [-0.2, 0) is 10.0 Å². The molecule has 3 heterocycles. The standard InChI is InChI=1S/C16H26BrN5O2S/c1-13(2)20-7-9-22(10-8-20)25(23,24)15-12-19-11-14(17)16(15)21-5-3-18-4-6-21/h11-13,18H,3-10H2,1-2H3. The maximum atomic E-state index is 13.3. The van der Waals surface area contributed by atoms with Crippen molar-refractivity contribution in [2.45, 2.75) is 24.8 Å². The van der Waals surface area contributed by atoms with Crippen molar-refractivity contribution in [2.75, 3.05) is 57.3 Å². The van der Waals surface area contributed by atoms with E-state index in [2.05, 4.69) is 49.9 Å². The van der Waals surface area contributed by atoms with E-state index in [0.717, 1.165) is 49.4 Å². The van der Waals surface area contributed by atoms with Gasteiger partial charge in [-0.15, -0.1) is 0 Å². The molecule has 0 atom stereocenters. The highest BCUT2D eigenvalue weighted by molar-refractivity contribution is 9.10. The van der Waals surface area contributed by atoms with Crippen LogP contribution in [0.2, 0.25) is 0 Å². The quantitative estimate of drug-likeness (QED) is 0.765. The van der Waals surface area contributed by atoms with Crippen LogP contribution in [0.25, 0.3) is 0 Å². The van der Waals surface area contributed by atoms with Gasteiger partial charge in [0.2, 0.25) is 10.0 Å². The number of rotatable bonds is 4. The Morgan fingerprint density at radius 3 is 2.32 bits per heavy atom. The van der Waals surface area contributed by atoms with Gasteiger partial charge < -0.3 is 10.2 Å². The fourth-order valence-corrected chi connectivity index (χ4v) is 5.71. The summed E-state index contributed by atoms with van der Waals surface area (Å²) < 4.78 is 28.9. The molecule has 1 aromatic rings. The molecule has 0 bridgehead atoms. The van der Waals surface area contributed by atoms with Crippen LogP contribution < -0.4 is 10.2 Å². The number of halogens is 1. The van der Waals surface area contributed by atoms with Gasteiger partial charge >= 0.3 is 0 Å². The molecular formula is C16H26BrN5O2S. The maximum Gasteiger partial charge on any atom is 0.246 e. The number of hydrogen-bond donors (Lipinski definition) is 1. The molecule has 2 fully saturated rings. The van der Waals surface area contributed by atoms with Crippen LogP contribution in [0.15, 0.2) is 21.8 Å². The zero-order valence-corrected chi connectivity index (χ0v) is 17.2. The highest BCUT2D eigenvalue weighted by Gasteiger charge is 2.33. The highest BCUT2D eigenvalue weighted by Crippen LogP contribution is 2.34. The Bertz CT molecular complexity index is 698. The summed E-state index contributed by atoms with van der Waals surface area (Å²) in [5.41, 5.74) is 0.739. The SMILES string of the molecule is CC(C)N1CCN(S(=O)(=O)c2cncc(Br)c2N2CCNCC2)CC1. The third-order valence-electron chi connectivity index (χ3n) is 4.89. The summed E-state index contributed by atoms with van der Waals surface area (Å²) in [5.74, 6) is 0. The lowest BCUT2D eigenvalue weighted by atomic mass is 10.3. The Balaban J connectivity index is 1.89. The Kier molecular flexibility index (Phi) is 5.99. The second kappa shape index (κ2) is 7.87. The van der Waals surface area contributed by atoms with E-state index in [1.54, 1.807) is 10.5 Å². The first-order chi connectivity index (χ1) is 11.9. The minimum Gasteiger partial charge on any atom is -0.367 e. The molecule has 3 rings (SSSR count). The van der Waals surface area contributed by atoms with Crippen molar-refractivity contribution in [3.63, 3.8) is 0 Å². The van der Waals surface area contributed by atoms with Crippen LogP contribution in [-0.4, -0.2) is 81.0 Å². The number of aromatic nitrogens is 1. The van der Waals surface area contributed by atoms with Gasteiger partial charge in [0.05, 0.1) is 10.2 Å². The number of nitrogens with one attached hydrogen (secondary N) is 1. The molecule has 1 aromatic heterocycles. The second-order valence-corrected chi connectivity index (χ2v) is 9.50. The zero-order chi connectivity index (χ0) is 18.0. The van der Waals surface area contributed by atoms with Gasteiger partial charge in [-0.2, -0.15) is 4.31 Å². The summed E-state index contributed by atoms with van der Waals surface area (Å²) in [4.78, 5) is 8.88. The van der Waals surface area contributed by atoms with E-state index < -0.39 is 10.0 Å². The molecule has 2 saturated heterocycles. The van der Waals surface area contributed by atoms with Gasteiger partial charge in [0, 0.05) is 70.8 Å². The van der Waals surface area contributed by atoms with Crippen LogP contribution in [0.5, 0.6) is 0 Å². The third kappa shape index (κ3) is 4.00. The smallest absolute Gasteiger partial charge is 0.246 e. The molecule has 25 heavy (non-hydrogen) atoms.